The summed E-state index contributed by atoms with van der Waals surface area (Å²) in [4.78, 5) is 8.23. The molecule has 0 amide bonds. The van der Waals surface area contributed by atoms with Crippen LogP contribution in [0.1, 0.15) is 23.5 Å². The SMILES string of the molecule is Cc1ncsc1C(C)NCCN1CCSCC1. The maximum absolute atomic E-state index is 4.30. The Morgan fingerprint density at radius 3 is 2.88 bits per heavy atom. The molecule has 1 aliphatic heterocycles. The van der Waals surface area contributed by atoms with Gasteiger partial charge in [0.2, 0.25) is 0 Å². The lowest BCUT2D eigenvalue weighted by atomic mass is 10.2. The minimum atomic E-state index is 0.432. The van der Waals surface area contributed by atoms with Gasteiger partial charge in [-0.2, -0.15) is 11.8 Å². The van der Waals surface area contributed by atoms with E-state index in [0.717, 1.165) is 6.54 Å². The van der Waals surface area contributed by atoms with Gasteiger partial charge in [0.1, 0.15) is 0 Å². The third-order valence-corrected chi connectivity index (χ3v) is 5.21. The van der Waals surface area contributed by atoms with Crippen LogP contribution in [0.5, 0.6) is 0 Å². The van der Waals surface area contributed by atoms with E-state index in [1.807, 2.05) is 5.51 Å². The van der Waals surface area contributed by atoms with E-state index in [1.165, 1.54) is 41.7 Å². The summed E-state index contributed by atoms with van der Waals surface area (Å²) < 4.78 is 0. The molecule has 2 rings (SSSR count). The van der Waals surface area contributed by atoms with Crippen molar-refractivity contribution in [2.75, 3.05) is 37.7 Å². The molecule has 5 heteroatoms. The lowest BCUT2D eigenvalue weighted by Crippen LogP contribution is -2.38. The average Bonchev–Trinajstić information content (AvgIpc) is 2.77. The first-order valence-electron chi connectivity index (χ1n) is 6.21. The summed E-state index contributed by atoms with van der Waals surface area (Å²) in [5.74, 6) is 2.59. The zero-order valence-electron chi connectivity index (χ0n) is 10.6. The highest BCUT2D eigenvalue weighted by Crippen LogP contribution is 2.20. The average molecular weight is 271 g/mol. The minimum Gasteiger partial charge on any atom is -0.308 e. The van der Waals surface area contributed by atoms with Crippen molar-refractivity contribution in [3.05, 3.63) is 16.1 Å². The molecule has 0 spiro atoms. The first-order chi connectivity index (χ1) is 8.27. The summed E-state index contributed by atoms with van der Waals surface area (Å²) in [7, 11) is 0. The van der Waals surface area contributed by atoms with Crippen molar-refractivity contribution in [2.24, 2.45) is 0 Å². The van der Waals surface area contributed by atoms with E-state index in [2.05, 4.69) is 40.8 Å². The van der Waals surface area contributed by atoms with Crippen molar-refractivity contribution in [2.45, 2.75) is 19.9 Å². The molecule has 0 radical (unpaired) electrons. The van der Waals surface area contributed by atoms with Crippen LogP contribution in [-0.2, 0) is 0 Å². The smallest absolute Gasteiger partial charge is 0.0798 e. The first-order valence-corrected chi connectivity index (χ1v) is 8.24. The fraction of sp³-hybridized carbons (Fsp3) is 0.750. The van der Waals surface area contributed by atoms with E-state index in [4.69, 9.17) is 0 Å². The molecule has 0 aromatic carbocycles. The zero-order chi connectivity index (χ0) is 12.1. The summed E-state index contributed by atoms with van der Waals surface area (Å²) in [6.45, 7) is 9.06. The fourth-order valence-electron chi connectivity index (χ4n) is 2.08. The van der Waals surface area contributed by atoms with Gasteiger partial charge in [0.15, 0.2) is 0 Å². The third-order valence-electron chi connectivity index (χ3n) is 3.16. The maximum atomic E-state index is 4.30. The monoisotopic (exact) mass is 271 g/mol. The molecule has 1 aromatic heterocycles. The molecule has 1 unspecified atom stereocenters. The van der Waals surface area contributed by atoms with E-state index in [0.29, 0.717) is 6.04 Å². The molecule has 96 valence electrons. The maximum Gasteiger partial charge on any atom is 0.0798 e. The number of aryl methyl sites for hydroxylation is 1. The van der Waals surface area contributed by atoms with E-state index in [-0.39, 0.29) is 0 Å². The van der Waals surface area contributed by atoms with Gasteiger partial charge in [-0.1, -0.05) is 0 Å². The second-order valence-corrected chi connectivity index (χ2v) is 6.54. The Balaban J connectivity index is 1.69. The number of rotatable bonds is 5. The summed E-state index contributed by atoms with van der Waals surface area (Å²) >= 11 is 3.82. The van der Waals surface area contributed by atoms with Crippen molar-refractivity contribution in [1.29, 1.82) is 0 Å². The van der Waals surface area contributed by atoms with Crippen LogP contribution in [0.3, 0.4) is 0 Å². The van der Waals surface area contributed by atoms with Gasteiger partial charge in [0, 0.05) is 48.6 Å². The molecule has 0 bridgehead atoms. The highest BCUT2D eigenvalue weighted by atomic mass is 32.2. The van der Waals surface area contributed by atoms with E-state index in [1.54, 1.807) is 11.3 Å². The van der Waals surface area contributed by atoms with Crippen LogP contribution in [0.15, 0.2) is 5.51 Å². The molecule has 1 aliphatic rings. The lowest BCUT2D eigenvalue weighted by molar-refractivity contribution is 0.297. The number of aromatic nitrogens is 1. The van der Waals surface area contributed by atoms with Crippen LogP contribution in [0.2, 0.25) is 0 Å². The normalized spacial score (nSPS) is 19.4. The standard InChI is InChI=1S/C12H21N3S2/c1-10(12-11(2)14-9-17-12)13-3-4-15-5-7-16-8-6-15/h9-10,13H,3-8H2,1-2H3. The highest BCUT2D eigenvalue weighted by molar-refractivity contribution is 7.99. The Kier molecular flexibility index (Phi) is 5.28. The number of thioether (sulfide) groups is 1. The topological polar surface area (TPSA) is 28.2 Å². The summed E-state index contributed by atoms with van der Waals surface area (Å²) in [6.07, 6.45) is 0. The van der Waals surface area contributed by atoms with Gasteiger partial charge < -0.3 is 10.2 Å². The van der Waals surface area contributed by atoms with Gasteiger partial charge >= 0.3 is 0 Å². The largest absolute Gasteiger partial charge is 0.308 e. The van der Waals surface area contributed by atoms with Crippen LogP contribution < -0.4 is 5.32 Å². The van der Waals surface area contributed by atoms with Gasteiger partial charge in [-0.15, -0.1) is 11.3 Å². The number of nitrogens with zero attached hydrogens (tertiary/aromatic N) is 2. The van der Waals surface area contributed by atoms with Crippen LogP contribution in [0.25, 0.3) is 0 Å². The van der Waals surface area contributed by atoms with Gasteiger partial charge in [-0.3, -0.25) is 0 Å². The first kappa shape index (κ1) is 13.3. The number of hydrogen-bond donors (Lipinski definition) is 1. The highest BCUT2D eigenvalue weighted by Gasteiger charge is 2.12. The quantitative estimate of drug-likeness (QED) is 0.888. The summed E-state index contributed by atoms with van der Waals surface area (Å²) in [5, 5.41) is 3.60. The van der Waals surface area contributed by atoms with Crippen molar-refractivity contribution in [3.63, 3.8) is 0 Å². The van der Waals surface area contributed by atoms with Gasteiger partial charge in [0.25, 0.3) is 0 Å². The zero-order valence-corrected chi connectivity index (χ0v) is 12.2. The Labute approximate surface area is 112 Å². The number of nitrogens with one attached hydrogen (secondary N) is 1. The Bertz CT molecular complexity index is 334. The predicted molar refractivity (Wildman–Crippen MR) is 77.0 cm³/mol. The molecule has 3 nitrogen and oxygen atoms in total. The molecule has 1 atom stereocenters. The molecule has 1 N–H and O–H groups in total. The summed E-state index contributed by atoms with van der Waals surface area (Å²) in [5.41, 5.74) is 3.11. The lowest BCUT2D eigenvalue weighted by Gasteiger charge is -2.26. The molecule has 0 saturated carbocycles. The van der Waals surface area contributed by atoms with E-state index >= 15 is 0 Å². The van der Waals surface area contributed by atoms with Crippen molar-refractivity contribution in [3.8, 4) is 0 Å². The Morgan fingerprint density at radius 1 is 1.47 bits per heavy atom. The predicted octanol–water partition coefficient (Wildman–Crippen LogP) is 2.15. The van der Waals surface area contributed by atoms with Gasteiger partial charge in [-0.05, 0) is 13.8 Å². The van der Waals surface area contributed by atoms with Gasteiger partial charge in [-0.25, -0.2) is 4.98 Å². The molecule has 17 heavy (non-hydrogen) atoms. The molecular weight excluding hydrogens is 250 g/mol. The van der Waals surface area contributed by atoms with Gasteiger partial charge in [0.05, 0.1) is 11.2 Å². The second kappa shape index (κ2) is 6.73. The molecule has 1 fully saturated rings. The van der Waals surface area contributed by atoms with Crippen molar-refractivity contribution >= 4 is 23.1 Å². The molecule has 2 heterocycles. The van der Waals surface area contributed by atoms with Crippen LogP contribution >= 0.6 is 23.1 Å². The summed E-state index contributed by atoms with van der Waals surface area (Å²) in [6, 6.07) is 0.432. The molecule has 1 saturated heterocycles. The van der Waals surface area contributed by atoms with Crippen molar-refractivity contribution < 1.29 is 0 Å². The fourth-order valence-corrected chi connectivity index (χ4v) is 3.90. The third kappa shape index (κ3) is 3.95. The molecule has 1 aromatic rings. The van der Waals surface area contributed by atoms with E-state index in [9.17, 15) is 0 Å². The molecule has 0 aliphatic carbocycles. The number of hydrogen-bond acceptors (Lipinski definition) is 5. The Hall–Kier alpha value is -0.100. The van der Waals surface area contributed by atoms with Crippen LogP contribution in [0.4, 0.5) is 0 Å². The second-order valence-electron chi connectivity index (χ2n) is 4.43. The van der Waals surface area contributed by atoms with E-state index < -0.39 is 0 Å². The van der Waals surface area contributed by atoms with Crippen LogP contribution in [0, 0.1) is 6.92 Å². The minimum absolute atomic E-state index is 0.432. The number of thiazole rings is 1. The Morgan fingerprint density at radius 2 is 2.24 bits per heavy atom. The van der Waals surface area contributed by atoms with Crippen LogP contribution in [-0.4, -0.2) is 47.6 Å². The molecular formula is C12H21N3S2. The van der Waals surface area contributed by atoms with Crippen molar-refractivity contribution in [1.82, 2.24) is 15.2 Å².